The summed E-state index contributed by atoms with van der Waals surface area (Å²) >= 11 is 11.9. The van der Waals surface area contributed by atoms with E-state index < -0.39 is 0 Å². The zero-order valence-electron chi connectivity index (χ0n) is 14.2. The van der Waals surface area contributed by atoms with Crippen LogP contribution in [0.4, 0.5) is 5.69 Å². The number of benzene rings is 2. The first-order valence-electron chi connectivity index (χ1n) is 8.19. The molecule has 0 radical (unpaired) electrons. The first kappa shape index (κ1) is 19.0. The molecule has 3 rings (SSSR count). The number of pyridine rings is 1. The summed E-state index contributed by atoms with van der Waals surface area (Å²) in [5, 5.41) is 3.85. The molecular weight excluding hydrogens is 387 g/mol. The molecule has 27 heavy (non-hydrogen) atoms. The minimum Gasteiger partial charge on any atom is -0.455 e. The van der Waals surface area contributed by atoms with Crippen LogP contribution in [0.1, 0.15) is 6.42 Å². The fraction of sp³-hybridized carbons (Fsp3) is 0.100. The zero-order valence-corrected chi connectivity index (χ0v) is 15.7. The highest BCUT2D eigenvalue weighted by Gasteiger charge is 2.10. The lowest BCUT2D eigenvalue weighted by Gasteiger charge is -2.13. The summed E-state index contributed by atoms with van der Waals surface area (Å²) < 4.78 is 7.29. The third kappa shape index (κ3) is 5.36. The summed E-state index contributed by atoms with van der Waals surface area (Å²) in [5.74, 6) is 0.772. The summed E-state index contributed by atoms with van der Waals surface area (Å²) in [7, 11) is 0. The Morgan fingerprint density at radius 1 is 1.00 bits per heavy atom. The maximum atomic E-state index is 12.3. The summed E-state index contributed by atoms with van der Waals surface area (Å²) in [6, 6.07) is 16.7. The Kier molecular flexibility index (Phi) is 6.16. The van der Waals surface area contributed by atoms with Crippen LogP contribution in [0.25, 0.3) is 0 Å². The number of halogens is 2. The van der Waals surface area contributed by atoms with E-state index in [0.717, 1.165) is 0 Å². The van der Waals surface area contributed by atoms with Gasteiger partial charge in [0.25, 0.3) is 5.56 Å². The van der Waals surface area contributed by atoms with E-state index in [-0.39, 0.29) is 24.4 Å². The van der Waals surface area contributed by atoms with Gasteiger partial charge in [-0.05, 0) is 48.5 Å². The number of anilines is 1. The van der Waals surface area contributed by atoms with Gasteiger partial charge in [-0.15, -0.1) is 0 Å². The molecular formula is C20H16Cl2N2O3. The van der Waals surface area contributed by atoms with Crippen LogP contribution in [0.15, 0.2) is 71.7 Å². The number of carbonyl (C=O) groups excluding carboxylic acids is 1. The normalized spacial score (nSPS) is 10.4. The van der Waals surface area contributed by atoms with Gasteiger partial charge in [0, 0.05) is 35.3 Å². The van der Waals surface area contributed by atoms with Crippen molar-refractivity contribution in [2.24, 2.45) is 0 Å². The molecule has 0 spiro atoms. The van der Waals surface area contributed by atoms with Crippen LogP contribution in [-0.4, -0.2) is 10.5 Å². The first-order valence-corrected chi connectivity index (χ1v) is 8.95. The molecule has 1 heterocycles. The van der Waals surface area contributed by atoms with E-state index in [1.807, 2.05) is 0 Å². The number of aromatic nitrogens is 1. The number of nitrogens with zero attached hydrogens (tertiary/aromatic N) is 1. The van der Waals surface area contributed by atoms with Gasteiger partial charge in [0.15, 0.2) is 5.75 Å². The molecule has 0 saturated heterocycles. The smallest absolute Gasteiger partial charge is 0.250 e. The van der Waals surface area contributed by atoms with E-state index in [1.54, 1.807) is 60.8 Å². The number of hydrogen-bond donors (Lipinski definition) is 1. The molecule has 5 nitrogen and oxygen atoms in total. The monoisotopic (exact) mass is 402 g/mol. The maximum Gasteiger partial charge on any atom is 0.250 e. The molecule has 1 amide bonds. The molecule has 0 saturated carbocycles. The van der Waals surface area contributed by atoms with Crippen LogP contribution in [0.2, 0.25) is 10.0 Å². The molecule has 1 aromatic heterocycles. The van der Waals surface area contributed by atoms with Crippen molar-refractivity contribution in [2.75, 3.05) is 5.32 Å². The van der Waals surface area contributed by atoms with Crippen LogP contribution >= 0.6 is 23.2 Å². The van der Waals surface area contributed by atoms with Gasteiger partial charge in [0.05, 0.1) is 5.69 Å². The molecule has 0 aliphatic heterocycles. The molecule has 0 aliphatic carbocycles. The second-order valence-electron chi connectivity index (χ2n) is 5.73. The number of aryl methyl sites for hydroxylation is 1. The Morgan fingerprint density at radius 3 is 2.48 bits per heavy atom. The molecule has 0 atom stereocenters. The van der Waals surface area contributed by atoms with E-state index in [4.69, 9.17) is 27.9 Å². The topological polar surface area (TPSA) is 60.3 Å². The van der Waals surface area contributed by atoms with Crippen LogP contribution in [0.5, 0.6) is 11.5 Å². The van der Waals surface area contributed by atoms with Crippen molar-refractivity contribution in [3.63, 3.8) is 0 Å². The van der Waals surface area contributed by atoms with E-state index in [0.29, 0.717) is 27.2 Å². The highest BCUT2D eigenvalue weighted by Crippen LogP contribution is 2.32. The number of rotatable bonds is 6. The molecule has 3 aromatic rings. The van der Waals surface area contributed by atoms with Gasteiger partial charge < -0.3 is 14.6 Å². The number of hydrogen-bond acceptors (Lipinski definition) is 3. The van der Waals surface area contributed by atoms with Crippen molar-refractivity contribution >= 4 is 34.8 Å². The lowest BCUT2D eigenvalue weighted by atomic mass is 10.2. The Bertz CT molecular complexity index is 1000. The molecule has 0 fully saturated rings. The van der Waals surface area contributed by atoms with Crippen molar-refractivity contribution in [3.05, 3.63) is 87.3 Å². The second kappa shape index (κ2) is 8.75. The summed E-state index contributed by atoms with van der Waals surface area (Å²) in [5.41, 5.74) is 0.294. The third-order valence-corrected chi connectivity index (χ3v) is 4.22. The molecule has 138 valence electrons. The van der Waals surface area contributed by atoms with Crippen LogP contribution < -0.4 is 15.6 Å². The van der Waals surface area contributed by atoms with Gasteiger partial charge >= 0.3 is 0 Å². The maximum absolute atomic E-state index is 12.3. The predicted molar refractivity (Wildman–Crippen MR) is 107 cm³/mol. The van der Waals surface area contributed by atoms with Crippen LogP contribution in [-0.2, 0) is 11.3 Å². The minimum absolute atomic E-state index is 0.136. The van der Waals surface area contributed by atoms with Gasteiger partial charge in [0.2, 0.25) is 5.91 Å². The molecule has 0 bridgehead atoms. The highest BCUT2D eigenvalue weighted by atomic mass is 35.5. The highest BCUT2D eigenvalue weighted by molar-refractivity contribution is 6.31. The summed E-state index contributed by atoms with van der Waals surface area (Å²) in [6.07, 6.45) is 1.78. The number of amides is 1. The molecule has 0 unspecified atom stereocenters. The summed E-state index contributed by atoms with van der Waals surface area (Å²) in [4.78, 5) is 24.0. The lowest BCUT2D eigenvalue weighted by Crippen LogP contribution is -2.21. The molecule has 2 aromatic carbocycles. The Labute approximate surface area is 166 Å². The van der Waals surface area contributed by atoms with Gasteiger partial charge in [-0.1, -0.05) is 29.3 Å². The largest absolute Gasteiger partial charge is 0.455 e. The predicted octanol–water partition coefficient (Wildman–Crippen LogP) is 4.98. The number of carbonyl (C=O) groups is 1. The molecule has 7 heteroatoms. The van der Waals surface area contributed by atoms with Crippen molar-refractivity contribution < 1.29 is 9.53 Å². The van der Waals surface area contributed by atoms with Gasteiger partial charge in [-0.25, -0.2) is 0 Å². The number of ether oxygens (including phenoxy) is 1. The van der Waals surface area contributed by atoms with Crippen molar-refractivity contribution in [3.8, 4) is 11.5 Å². The third-order valence-electron chi connectivity index (χ3n) is 3.74. The molecule has 1 N–H and O–H groups in total. The fourth-order valence-corrected chi connectivity index (χ4v) is 2.70. The van der Waals surface area contributed by atoms with Gasteiger partial charge in [-0.3, -0.25) is 9.59 Å². The van der Waals surface area contributed by atoms with Gasteiger partial charge in [-0.2, -0.15) is 0 Å². The van der Waals surface area contributed by atoms with E-state index in [2.05, 4.69) is 5.32 Å². The van der Waals surface area contributed by atoms with E-state index in [1.165, 1.54) is 10.6 Å². The van der Waals surface area contributed by atoms with Crippen molar-refractivity contribution in [2.45, 2.75) is 13.0 Å². The average molecular weight is 403 g/mol. The van der Waals surface area contributed by atoms with Crippen LogP contribution in [0.3, 0.4) is 0 Å². The lowest BCUT2D eigenvalue weighted by molar-refractivity contribution is -0.116. The van der Waals surface area contributed by atoms with Gasteiger partial charge in [0.1, 0.15) is 5.75 Å². The summed E-state index contributed by atoms with van der Waals surface area (Å²) in [6.45, 7) is 0.277. The quantitative estimate of drug-likeness (QED) is 0.632. The van der Waals surface area contributed by atoms with E-state index >= 15 is 0 Å². The average Bonchev–Trinajstić information content (AvgIpc) is 2.65. The number of nitrogens with one attached hydrogen (secondary N) is 1. The van der Waals surface area contributed by atoms with E-state index in [9.17, 15) is 9.59 Å². The first-order chi connectivity index (χ1) is 13.0. The Morgan fingerprint density at radius 2 is 1.74 bits per heavy atom. The zero-order chi connectivity index (χ0) is 19.2. The second-order valence-corrected chi connectivity index (χ2v) is 6.60. The Balaban J connectivity index is 1.70. The SMILES string of the molecule is O=C(CCn1ccccc1=O)Nc1cc(Cl)ccc1Oc1ccc(Cl)cc1. The fourth-order valence-electron chi connectivity index (χ4n) is 2.40. The molecule has 0 aliphatic rings. The van der Waals surface area contributed by atoms with Crippen LogP contribution in [0, 0.1) is 0 Å². The standard InChI is InChI=1S/C20H16Cl2N2O3/c21-14-4-7-16(8-5-14)27-18-9-6-15(22)13-17(18)23-19(25)10-12-24-11-2-1-3-20(24)26/h1-9,11,13H,10,12H2,(H,23,25). The van der Waals surface area contributed by atoms with Crippen molar-refractivity contribution in [1.29, 1.82) is 0 Å². The van der Waals surface area contributed by atoms with Crippen molar-refractivity contribution in [1.82, 2.24) is 4.57 Å². The Hall–Kier alpha value is -2.76. The minimum atomic E-state index is -0.256.